The molecule has 1 aromatic carbocycles. The Balaban J connectivity index is 2.77. The molecule has 0 saturated carbocycles. The Morgan fingerprint density at radius 3 is 2.60 bits per heavy atom. The molecule has 0 bridgehead atoms. The second kappa shape index (κ2) is 6.02. The standard InChI is InChI=1S/C13H14N2O5/c1-13(2,3)20-12(16)8-19-11-5-4-10(15(17)18)6-9(11)7-14/h4-6H,8H2,1-3H3. The predicted octanol–water partition coefficient (Wildman–Crippen LogP) is 2.19. The third kappa shape index (κ3) is 4.57. The lowest BCUT2D eigenvalue weighted by atomic mass is 10.2. The highest BCUT2D eigenvalue weighted by Crippen LogP contribution is 2.23. The maximum Gasteiger partial charge on any atom is 0.344 e. The van der Waals surface area contributed by atoms with E-state index >= 15 is 0 Å². The summed E-state index contributed by atoms with van der Waals surface area (Å²) in [6.07, 6.45) is 0. The summed E-state index contributed by atoms with van der Waals surface area (Å²) in [6.45, 7) is 4.79. The van der Waals surface area contributed by atoms with Crippen LogP contribution < -0.4 is 4.74 Å². The van der Waals surface area contributed by atoms with Crippen LogP contribution in [0.15, 0.2) is 18.2 Å². The Labute approximate surface area is 115 Å². The largest absolute Gasteiger partial charge is 0.481 e. The van der Waals surface area contributed by atoms with Crippen molar-refractivity contribution >= 4 is 11.7 Å². The van der Waals surface area contributed by atoms with E-state index in [1.807, 2.05) is 0 Å². The zero-order valence-corrected chi connectivity index (χ0v) is 11.4. The van der Waals surface area contributed by atoms with Gasteiger partial charge in [0, 0.05) is 12.1 Å². The Morgan fingerprint density at radius 1 is 1.45 bits per heavy atom. The van der Waals surface area contributed by atoms with Gasteiger partial charge >= 0.3 is 5.97 Å². The SMILES string of the molecule is CC(C)(C)OC(=O)COc1ccc([N+](=O)[O-])cc1C#N. The van der Waals surface area contributed by atoms with Gasteiger partial charge in [-0.15, -0.1) is 0 Å². The summed E-state index contributed by atoms with van der Waals surface area (Å²) in [5.41, 5.74) is -0.859. The second-order valence-electron chi connectivity index (χ2n) is 4.92. The van der Waals surface area contributed by atoms with Crippen molar-refractivity contribution in [3.63, 3.8) is 0 Å². The quantitative estimate of drug-likeness (QED) is 0.475. The molecule has 0 fully saturated rings. The number of rotatable bonds is 4. The van der Waals surface area contributed by atoms with E-state index in [0.29, 0.717) is 0 Å². The first-order valence-corrected chi connectivity index (χ1v) is 5.76. The highest BCUT2D eigenvalue weighted by molar-refractivity contribution is 5.71. The summed E-state index contributed by atoms with van der Waals surface area (Å²) in [5.74, 6) is -0.483. The van der Waals surface area contributed by atoms with Crippen LogP contribution in [0.5, 0.6) is 5.75 Å². The van der Waals surface area contributed by atoms with Gasteiger partial charge in [-0.05, 0) is 26.8 Å². The number of nitrogens with zero attached hydrogens (tertiary/aromatic N) is 2. The van der Waals surface area contributed by atoms with Gasteiger partial charge in [-0.3, -0.25) is 10.1 Å². The zero-order chi connectivity index (χ0) is 15.3. The van der Waals surface area contributed by atoms with E-state index in [1.165, 1.54) is 12.1 Å². The Bertz CT molecular complexity index is 569. The number of benzene rings is 1. The molecule has 0 amide bonds. The first-order valence-electron chi connectivity index (χ1n) is 5.76. The van der Waals surface area contributed by atoms with Gasteiger partial charge in [-0.25, -0.2) is 4.79 Å². The average molecular weight is 278 g/mol. The second-order valence-corrected chi connectivity index (χ2v) is 4.92. The molecule has 0 atom stereocenters. The number of carbonyl (C=O) groups excluding carboxylic acids is 1. The van der Waals surface area contributed by atoms with Crippen molar-refractivity contribution in [3.8, 4) is 11.8 Å². The summed E-state index contributed by atoms with van der Waals surface area (Å²) in [5, 5.41) is 19.5. The summed E-state index contributed by atoms with van der Waals surface area (Å²) < 4.78 is 10.2. The fraction of sp³-hybridized carbons (Fsp3) is 0.385. The number of ether oxygens (including phenoxy) is 2. The molecule has 0 aliphatic rings. The van der Waals surface area contributed by atoms with E-state index in [1.54, 1.807) is 26.8 Å². The monoisotopic (exact) mass is 278 g/mol. The highest BCUT2D eigenvalue weighted by Gasteiger charge is 2.18. The highest BCUT2D eigenvalue weighted by atomic mass is 16.6. The molecule has 1 aromatic rings. The molecule has 106 valence electrons. The molecular weight excluding hydrogens is 264 g/mol. The number of carbonyl (C=O) groups is 1. The van der Waals surface area contributed by atoms with E-state index < -0.39 is 16.5 Å². The number of nitriles is 1. The smallest absolute Gasteiger partial charge is 0.344 e. The van der Waals surface area contributed by atoms with Crippen molar-refractivity contribution in [2.45, 2.75) is 26.4 Å². The first-order chi connectivity index (χ1) is 9.23. The number of non-ortho nitro benzene ring substituents is 1. The maximum absolute atomic E-state index is 11.5. The topological polar surface area (TPSA) is 102 Å². The van der Waals surface area contributed by atoms with E-state index in [0.717, 1.165) is 6.07 Å². The minimum Gasteiger partial charge on any atom is -0.481 e. The minimum atomic E-state index is -0.631. The van der Waals surface area contributed by atoms with E-state index in [-0.39, 0.29) is 23.6 Å². The number of nitro groups is 1. The number of nitro benzene ring substituents is 1. The Kier molecular flexibility index (Phi) is 4.64. The van der Waals surface area contributed by atoms with Crippen LogP contribution in [-0.4, -0.2) is 23.1 Å². The molecule has 0 heterocycles. The van der Waals surface area contributed by atoms with Crippen LogP contribution in [0.4, 0.5) is 5.69 Å². The molecule has 0 N–H and O–H groups in total. The maximum atomic E-state index is 11.5. The summed E-state index contributed by atoms with van der Waals surface area (Å²) in [6, 6.07) is 5.35. The van der Waals surface area contributed by atoms with Gasteiger partial charge < -0.3 is 9.47 Å². The lowest BCUT2D eigenvalue weighted by Gasteiger charge is -2.19. The first kappa shape index (κ1) is 15.4. The van der Waals surface area contributed by atoms with Gasteiger partial charge in [0.05, 0.1) is 4.92 Å². The van der Waals surface area contributed by atoms with Crippen molar-refractivity contribution in [1.82, 2.24) is 0 Å². The van der Waals surface area contributed by atoms with Gasteiger partial charge in [0.2, 0.25) is 0 Å². The summed E-state index contributed by atoms with van der Waals surface area (Å²) in [7, 11) is 0. The molecule has 0 aliphatic carbocycles. The third-order valence-corrected chi connectivity index (χ3v) is 2.06. The fourth-order valence-electron chi connectivity index (χ4n) is 1.35. The van der Waals surface area contributed by atoms with Gasteiger partial charge in [-0.2, -0.15) is 5.26 Å². The molecule has 7 nitrogen and oxygen atoms in total. The fourth-order valence-corrected chi connectivity index (χ4v) is 1.35. The van der Waals surface area contributed by atoms with Crippen molar-refractivity contribution in [3.05, 3.63) is 33.9 Å². The molecule has 0 aromatic heterocycles. The molecule has 0 spiro atoms. The van der Waals surface area contributed by atoms with Crippen molar-refractivity contribution in [2.75, 3.05) is 6.61 Å². The summed E-state index contributed by atoms with van der Waals surface area (Å²) in [4.78, 5) is 21.4. The van der Waals surface area contributed by atoms with Crippen LogP contribution in [0.2, 0.25) is 0 Å². The normalized spacial score (nSPS) is 10.5. The number of hydrogen-bond acceptors (Lipinski definition) is 6. The lowest BCUT2D eigenvalue weighted by molar-refractivity contribution is -0.384. The third-order valence-electron chi connectivity index (χ3n) is 2.06. The molecule has 0 saturated heterocycles. The van der Waals surface area contributed by atoms with Crippen LogP contribution >= 0.6 is 0 Å². The van der Waals surface area contributed by atoms with Crippen molar-refractivity contribution in [1.29, 1.82) is 5.26 Å². The lowest BCUT2D eigenvalue weighted by Crippen LogP contribution is -2.27. The Morgan fingerprint density at radius 2 is 2.10 bits per heavy atom. The van der Waals surface area contributed by atoms with Crippen LogP contribution in [-0.2, 0) is 9.53 Å². The predicted molar refractivity (Wildman–Crippen MR) is 69.2 cm³/mol. The zero-order valence-electron chi connectivity index (χ0n) is 11.4. The van der Waals surface area contributed by atoms with Gasteiger partial charge in [-0.1, -0.05) is 0 Å². The van der Waals surface area contributed by atoms with E-state index in [9.17, 15) is 14.9 Å². The van der Waals surface area contributed by atoms with Crippen molar-refractivity contribution in [2.24, 2.45) is 0 Å². The van der Waals surface area contributed by atoms with Gasteiger partial charge in [0.15, 0.2) is 6.61 Å². The molecule has 20 heavy (non-hydrogen) atoms. The molecule has 0 radical (unpaired) electrons. The van der Waals surface area contributed by atoms with Crippen LogP contribution in [0.1, 0.15) is 26.3 Å². The van der Waals surface area contributed by atoms with Crippen LogP contribution in [0, 0.1) is 21.4 Å². The van der Waals surface area contributed by atoms with Gasteiger partial charge in [0.25, 0.3) is 5.69 Å². The van der Waals surface area contributed by atoms with Crippen molar-refractivity contribution < 1.29 is 19.2 Å². The Hall–Kier alpha value is -2.62. The van der Waals surface area contributed by atoms with E-state index in [2.05, 4.69) is 0 Å². The molecule has 7 heteroatoms. The van der Waals surface area contributed by atoms with Crippen LogP contribution in [0.3, 0.4) is 0 Å². The van der Waals surface area contributed by atoms with Gasteiger partial charge in [0.1, 0.15) is 23.0 Å². The van der Waals surface area contributed by atoms with Crippen LogP contribution in [0.25, 0.3) is 0 Å². The molecule has 0 aliphatic heterocycles. The van der Waals surface area contributed by atoms with E-state index in [4.69, 9.17) is 14.7 Å². The summed E-state index contributed by atoms with van der Waals surface area (Å²) >= 11 is 0. The average Bonchev–Trinajstić information content (AvgIpc) is 2.33. The number of esters is 1. The number of hydrogen-bond donors (Lipinski definition) is 0. The molecular formula is C13H14N2O5. The molecule has 1 rings (SSSR count). The molecule has 0 unspecified atom stereocenters. The minimum absolute atomic E-state index is 0.0113.